The Morgan fingerprint density at radius 1 is 1.11 bits per heavy atom. The van der Waals surface area contributed by atoms with Gasteiger partial charge in [0.2, 0.25) is 0 Å². The number of carbonyl (C=O) groups is 1. The maximum Gasteiger partial charge on any atom is 0.433 e. The Labute approximate surface area is 106 Å². The van der Waals surface area contributed by atoms with Crippen molar-refractivity contribution in [2.45, 2.75) is 6.18 Å². The smallest absolute Gasteiger partial charge is 0.433 e. The van der Waals surface area contributed by atoms with Crippen LogP contribution in [0.3, 0.4) is 0 Å². The van der Waals surface area contributed by atoms with Crippen molar-refractivity contribution in [1.29, 1.82) is 0 Å². The molecule has 6 heteroatoms. The number of carboxylic acid groups (broad SMARTS) is 1. The van der Waals surface area contributed by atoms with E-state index in [1.807, 2.05) is 0 Å². The monoisotopic (exact) mass is 267 g/mol. The van der Waals surface area contributed by atoms with Crippen LogP contribution < -0.4 is 0 Å². The lowest BCUT2D eigenvalue weighted by atomic mass is 10.0. The van der Waals surface area contributed by atoms with Crippen LogP contribution in [0.2, 0.25) is 0 Å². The van der Waals surface area contributed by atoms with Crippen LogP contribution in [0, 0.1) is 0 Å². The van der Waals surface area contributed by atoms with Gasteiger partial charge in [-0.05, 0) is 23.8 Å². The minimum atomic E-state index is -4.48. The van der Waals surface area contributed by atoms with Crippen molar-refractivity contribution in [3.05, 3.63) is 53.9 Å². The zero-order valence-electron chi connectivity index (χ0n) is 9.48. The van der Waals surface area contributed by atoms with Gasteiger partial charge >= 0.3 is 12.1 Å². The molecular weight excluding hydrogens is 259 g/mol. The molecule has 98 valence electrons. The number of halogens is 3. The lowest BCUT2D eigenvalue weighted by Crippen LogP contribution is -2.07. The maximum atomic E-state index is 12.4. The first-order chi connectivity index (χ1) is 8.88. The van der Waals surface area contributed by atoms with Crippen molar-refractivity contribution in [2.75, 3.05) is 0 Å². The number of aromatic nitrogens is 1. The van der Waals surface area contributed by atoms with Gasteiger partial charge in [-0.3, -0.25) is 4.98 Å². The summed E-state index contributed by atoms with van der Waals surface area (Å²) in [6.45, 7) is 0. The highest BCUT2D eigenvalue weighted by atomic mass is 19.4. The fourth-order valence-corrected chi connectivity index (χ4v) is 1.56. The van der Waals surface area contributed by atoms with Gasteiger partial charge in [0.1, 0.15) is 5.69 Å². The summed E-state index contributed by atoms with van der Waals surface area (Å²) in [4.78, 5) is 14.1. The Morgan fingerprint density at radius 3 is 2.37 bits per heavy atom. The summed E-state index contributed by atoms with van der Waals surface area (Å²) in [5.41, 5.74) is 0.0141. The summed E-state index contributed by atoms with van der Waals surface area (Å²) in [5.74, 6) is -1.10. The molecule has 0 atom stereocenters. The first-order valence-corrected chi connectivity index (χ1v) is 5.25. The van der Waals surface area contributed by atoms with E-state index < -0.39 is 17.8 Å². The summed E-state index contributed by atoms with van der Waals surface area (Å²) >= 11 is 0. The Kier molecular flexibility index (Phi) is 3.25. The van der Waals surface area contributed by atoms with E-state index in [0.29, 0.717) is 11.1 Å². The lowest BCUT2D eigenvalue weighted by Gasteiger charge is -2.07. The molecule has 0 saturated carbocycles. The van der Waals surface area contributed by atoms with Crippen molar-refractivity contribution in [1.82, 2.24) is 4.98 Å². The number of aromatic carboxylic acids is 1. The number of rotatable bonds is 2. The molecule has 0 bridgehead atoms. The number of benzene rings is 1. The normalized spacial score (nSPS) is 11.3. The van der Waals surface area contributed by atoms with Gasteiger partial charge in [0, 0.05) is 11.8 Å². The van der Waals surface area contributed by atoms with E-state index in [4.69, 9.17) is 5.11 Å². The van der Waals surface area contributed by atoms with Gasteiger partial charge in [0.15, 0.2) is 0 Å². The van der Waals surface area contributed by atoms with E-state index in [0.717, 1.165) is 12.3 Å². The van der Waals surface area contributed by atoms with Crippen molar-refractivity contribution in [2.24, 2.45) is 0 Å². The molecule has 0 unspecified atom stereocenters. The van der Waals surface area contributed by atoms with Crippen LogP contribution in [-0.4, -0.2) is 16.1 Å². The molecule has 0 fully saturated rings. The predicted molar refractivity (Wildman–Crippen MR) is 61.6 cm³/mol. The third-order valence-electron chi connectivity index (χ3n) is 2.50. The van der Waals surface area contributed by atoms with Crippen LogP contribution >= 0.6 is 0 Å². The predicted octanol–water partition coefficient (Wildman–Crippen LogP) is 3.47. The second kappa shape index (κ2) is 4.72. The highest BCUT2D eigenvalue weighted by molar-refractivity contribution is 5.89. The van der Waals surface area contributed by atoms with E-state index in [1.165, 1.54) is 24.3 Å². The lowest BCUT2D eigenvalue weighted by molar-refractivity contribution is -0.141. The van der Waals surface area contributed by atoms with Gasteiger partial charge in [0.05, 0.1) is 5.56 Å². The molecule has 2 rings (SSSR count). The molecule has 0 aliphatic carbocycles. The average Bonchev–Trinajstić information content (AvgIpc) is 2.38. The highest BCUT2D eigenvalue weighted by Gasteiger charge is 2.32. The van der Waals surface area contributed by atoms with Gasteiger partial charge in [-0.25, -0.2) is 4.79 Å². The molecule has 1 aromatic carbocycles. The summed E-state index contributed by atoms with van der Waals surface area (Å²) in [6.07, 6.45) is -3.41. The van der Waals surface area contributed by atoms with Crippen molar-refractivity contribution >= 4 is 5.97 Å². The molecule has 0 amide bonds. The summed E-state index contributed by atoms with van der Waals surface area (Å²) in [5, 5.41) is 8.84. The third-order valence-corrected chi connectivity index (χ3v) is 2.50. The molecule has 0 aliphatic heterocycles. The van der Waals surface area contributed by atoms with Gasteiger partial charge in [-0.15, -0.1) is 0 Å². The zero-order chi connectivity index (χ0) is 14.0. The van der Waals surface area contributed by atoms with Gasteiger partial charge in [0.25, 0.3) is 0 Å². The Hall–Kier alpha value is -2.37. The number of hydrogen-bond donors (Lipinski definition) is 1. The van der Waals surface area contributed by atoms with Crippen LogP contribution in [0.25, 0.3) is 11.1 Å². The SMILES string of the molecule is O=C(O)c1cccc(-c2ccc(C(F)(F)F)nc2)c1. The number of nitrogens with zero attached hydrogens (tertiary/aromatic N) is 1. The van der Waals surface area contributed by atoms with Crippen molar-refractivity contribution < 1.29 is 23.1 Å². The average molecular weight is 267 g/mol. The second-order valence-corrected chi connectivity index (χ2v) is 3.82. The highest BCUT2D eigenvalue weighted by Crippen LogP contribution is 2.29. The Balaban J connectivity index is 2.37. The first kappa shape index (κ1) is 13.1. The standard InChI is InChI=1S/C13H8F3NO2/c14-13(15,16)11-5-4-10(7-17-11)8-2-1-3-9(6-8)12(18)19/h1-7H,(H,18,19). The van der Waals surface area contributed by atoms with E-state index >= 15 is 0 Å². The molecule has 0 spiro atoms. The van der Waals surface area contributed by atoms with E-state index in [-0.39, 0.29) is 5.56 Å². The fraction of sp³-hybridized carbons (Fsp3) is 0.0769. The first-order valence-electron chi connectivity index (χ1n) is 5.25. The summed E-state index contributed by atoms with van der Waals surface area (Å²) in [6, 6.07) is 8.04. The molecule has 0 radical (unpaired) electrons. The van der Waals surface area contributed by atoms with Gasteiger partial charge in [-0.2, -0.15) is 13.2 Å². The number of alkyl halides is 3. The summed E-state index contributed by atoms with van der Waals surface area (Å²) < 4.78 is 37.1. The third kappa shape index (κ3) is 2.90. The topological polar surface area (TPSA) is 50.2 Å². The molecular formula is C13H8F3NO2. The molecule has 0 aliphatic rings. The maximum absolute atomic E-state index is 12.4. The van der Waals surface area contributed by atoms with E-state index in [9.17, 15) is 18.0 Å². The number of hydrogen-bond acceptors (Lipinski definition) is 2. The quantitative estimate of drug-likeness (QED) is 0.906. The zero-order valence-corrected chi connectivity index (χ0v) is 9.48. The molecule has 0 saturated heterocycles. The molecule has 3 nitrogen and oxygen atoms in total. The molecule has 19 heavy (non-hydrogen) atoms. The van der Waals surface area contributed by atoms with Crippen molar-refractivity contribution in [3.8, 4) is 11.1 Å². The fourth-order valence-electron chi connectivity index (χ4n) is 1.56. The van der Waals surface area contributed by atoms with Crippen LogP contribution in [0.4, 0.5) is 13.2 Å². The van der Waals surface area contributed by atoms with Crippen LogP contribution in [0.5, 0.6) is 0 Å². The van der Waals surface area contributed by atoms with Gasteiger partial charge < -0.3 is 5.11 Å². The van der Waals surface area contributed by atoms with E-state index in [2.05, 4.69) is 4.98 Å². The van der Waals surface area contributed by atoms with Crippen LogP contribution in [0.1, 0.15) is 16.1 Å². The number of carboxylic acids is 1. The minimum absolute atomic E-state index is 0.0670. The minimum Gasteiger partial charge on any atom is -0.478 e. The van der Waals surface area contributed by atoms with E-state index in [1.54, 1.807) is 6.07 Å². The molecule has 1 aromatic heterocycles. The van der Waals surface area contributed by atoms with Crippen LogP contribution in [0.15, 0.2) is 42.6 Å². The largest absolute Gasteiger partial charge is 0.478 e. The molecule has 1 N–H and O–H groups in total. The second-order valence-electron chi connectivity index (χ2n) is 3.82. The molecule has 2 aromatic rings. The van der Waals surface area contributed by atoms with Crippen LogP contribution in [-0.2, 0) is 6.18 Å². The number of pyridine rings is 1. The van der Waals surface area contributed by atoms with Gasteiger partial charge in [-0.1, -0.05) is 18.2 Å². The Morgan fingerprint density at radius 2 is 1.84 bits per heavy atom. The Bertz CT molecular complexity index is 606. The van der Waals surface area contributed by atoms with Crippen molar-refractivity contribution in [3.63, 3.8) is 0 Å². The summed E-state index contributed by atoms with van der Waals surface area (Å²) in [7, 11) is 0. The molecule has 1 heterocycles.